The zero-order valence-electron chi connectivity index (χ0n) is 17.7. The molecule has 1 saturated heterocycles. The molecule has 8 heteroatoms. The Balaban J connectivity index is 1.56. The number of benzene rings is 2. The highest BCUT2D eigenvalue weighted by Gasteiger charge is 2.34. The van der Waals surface area contributed by atoms with Crippen molar-refractivity contribution in [2.45, 2.75) is 0 Å². The maximum atomic E-state index is 12.9. The van der Waals surface area contributed by atoms with E-state index in [0.717, 1.165) is 16.6 Å². The van der Waals surface area contributed by atoms with E-state index in [1.165, 1.54) is 6.08 Å². The molecule has 2 aromatic carbocycles. The van der Waals surface area contributed by atoms with Gasteiger partial charge in [-0.15, -0.1) is 0 Å². The SMILES string of the molecule is C=CC(=O)N1CCN(c2ccc(Cl)c(C3=C(c4c[nH]c5ccccc45)C(=O)NC3=O)c2)CC1. The number of rotatable bonds is 4. The highest BCUT2D eigenvalue weighted by Crippen LogP contribution is 2.38. The number of hydrogen-bond acceptors (Lipinski definition) is 4. The van der Waals surface area contributed by atoms with Gasteiger partial charge in [-0.2, -0.15) is 0 Å². The number of anilines is 1. The molecule has 0 saturated carbocycles. The van der Waals surface area contributed by atoms with Gasteiger partial charge in [-0.3, -0.25) is 19.7 Å². The molecule has 3 heterocycles. The standard InChI is InChI=1S/C25H21ClN4O3/c1-2-21(31)30-11-9-29(10-12-30)15-7-8-19(26)17(13-15)22-23(25(33)28-24(22)32)18-14-27-20-6-4-3-5-16(18)20/h2-8,13-14,27H,1,9-12H2,(H,28,32,33). The van der Waals surface area contributed by atoms with Crippen molar-refractivity contribution >= 4 is 57.1 Å². The van der Waals surface area contributed by atoms with Crippen LogP contribution in [0.2, 0.25) is 5.02 Å². The normalized spacial score (nSPS) is 16.5. The fourth-order valence-corrected chi connectivity index (χ4v) is 4.68. The van der Waals surface area contributed by atoms with Crippen LogP contribution in [0.25, 0.3) is 22.0 Å². The van der Waals surface area contributed by atoms with Crippen LogP contribution in [0, 0.1) is 0 Å². The summed E-state index contributed by atoms with van der Waals surface area (Å²) >= 11 is 6.54. The molecule has 1 aromatic heterocycles. The number of nitrogens with one attached hydrogen (secondary N) is 2. The van der Waals surface area contributed by atoms with Crippen LogP contribution in [0.4, 0.5) is 5.69 Å². The molecule has 0 unspecified atom stereocenters. The van der Waals surface area contributed by atoms with E-state index in [2.05, 4.69) is 21.8 Å². The summed E-state index contributed by atoms with van der Waals surface area (Å²) in [6.07, 6.45) is 3.07. The lowest BCUT2D eigenvalue weighted by atomic mass is 9.95. The summed E-state index contributed by atoms with van der Waals surface area (Å²) < 4.78 is 0. The Morgan fingerprint density at radius 2 is 1.67 bits per heavy atom. The third-order valence-electron chi connectivity index (χ3n) is 6.14. The number of carbonyl (C=O) groups is 3. The monoisotopic (exact) mass is 460 g/mol. The van der Waals surface area contributed by atoms with Gasteiger partial charge >= 0.3 is 0 Å². The van der Waals surface area contributed by atoms with Crippen molar-refractivity contribution in [3.05, 3.63) is 77.5 Å². The minimum absolute atomic E-state index is 0.0823. The van der Waals surface area contributed by atoms with Gasteiger partial charge in [0.1, 0.15) is 0 Å². The second-order valence-electron chi connectivity index (χ2n) is 7.96. The van der Waals surface area contributed by atoms with Gasteiger partial charge in [-0.25, -0.2) is 0 Å². The van der Waals surface area contributed by atoms with Crippen LogP contribution >= 0.6 is 11.6 Å². The van der Waals surface area contributed by atoms with Crippen molar-refractivity contribution < 1.29 is 14.4 Å². The fraction of sp³-hybridized carbons (Fsp3) is 0.160. The van der Waals surface area contributed by atoms with Gasteiger partial charge in [-0.05, 0) is 30.3 Å². The molecule has 0 spiro atoms. The van der Waals surface area contributed by atoms with E-state index in [4.69, 9.17) is 11.6 Å². The summed E-state index contributed by atoms with van der Waals surface area (Å²) in [5.41, 5.74) is 3.47. The van der Waals surface area contributed by atoms with Gasteiger partial charge < -0.3 is 14.8 Å². The van der Waals surface area contributed by atoms with Crippen molar-refractivity contribution in [1.82, 2.24) is 15.2 Å². The molecule has 166 valence electrons. The van der Waals surface area contributed by atoms with Crippen LogP contribution in [0.15, 0.2) is 61.3 Å². The van der Waals surface area contributed by atoms with Gasteiger partial charge in [0, 0.05) is 65.1 Å². The number of amides is 3. The van der Waals surface area contributed by atoms with E-state index in [-0.39, 0.29) is 11.5 Å². The van der Waals surface area contributed by atoms with E-state index in [0.29, 0.717) is 47.9 Å². The molecule has 0 radical (unpaired) electrons. The Morgan fingerprint density at radius 1 is 0.970 bits per heavy atom. The van der Waals surface area contributed by atoms with E-state index in [1.54, 1.807) is 17.2 Å². The Kier molecular flexibility index (Phi) is 5.26. The molecule has 1 fully saturated rings. The number of para-hydroxylation sites is 1. The Morgan fingerprint density at radius 3 is 2.39 bits per heavy atom. The molecule has 2 N–H and O–H groups in total. The third kappa shape index (κ3) is 3.60. The first-order chi connectivity index (χ1) is 16.0. The number of fused-ring (bicyclic) bond motifs is 1. The van der Waals surface area contributed by atoms with Crippen LogP contribution < -0.4 is 10.2 Å². The van der Waals surface area contributed by atoms with Crippen LogP contribution in [-0.4, -0.2) is 53.8 Å². The highest BCUT2D eigenvalue weighted by atomic mass is 35.5. The quantitative estimate of drug-likeness (QED) is 0.462. The average Bonchev–Trinajstić information content (AvgIpc) is 3.38. The van der Waals surface area contributed by atoms with E-state index in [1.807, 2.05) is 36.4 Å². The Labute approximate surface area is 195 Å². The van der Waals surface area contributed by atoms with Crippen LogP contribution in [0.1, 0.15) is 11.1 Å². The first-order valence-corrected chi connectivity index (χ1v) is 11.0. The number of hydrogen-bond donors (Lipinski definition) is 2. The van der Waals surface area contributed by atoms with Crippen molar-refractivity contribution in [1.29, 1.82) is 0 Å². The second-order valence-corrected chi connectivity index (χ2v) is 8.37. The van der Waals surface area contributed by atoms with Crippen molar-refractivity contribution in [3.8, 4) is 0 Å². The van der Waals surface area contributed by atoms with Gasteiger partial charge in [-0.1, -0.05) is 36.4 Å². The zero-order valence-corrected chi connectivity index (χ0v) is 18.5. The second kappa shape index (κ2) is 8.26. The Bertz CT molecular complexity index is 1350. The lowest BCUT2D eigenvalue weighted by Gasteiger charge is -2.36. The van der Waals surface area contributed by atoms with Gasteiger partial charge in [0.25, 0.3) is 11.8 Å². The molecule has 0 bridgehead atoms. The topological polar surface area (TPSA) is 85.5 Å². The van der Waals surface area contributed by atoms with Crippen molar-refractivity contribution in [2.24, 2.45) is 0 Å². The van der Waals surface area contributed by atoms with E-state index in [9.17, 15) is 14.4 Å². The summed E-state index contributed by atoms with van der Waals surface area (Å²) in [7, 11) is 0. The number of H-pyrrole nitrogens is 1. The summed E-state index contributed by atoms with van der Waals surface area (Å²) in [4.78, 5) is 44.6. The van der Waals surface area contributed by atoms with Crippen LogP contribution in [-0.2, 0) is 14.4 Å². The molecule has 0 atom stereocenters. The number of aromatic nitrogens is 1. The van der Waals surface area contributed by atoms with Gasteiger partial charge in [0.2, 0.25) is 5.91 Å². The number of nitrogens with zero attached hydrogens (tertiary/aromatic N) is 2. The molecule has 3 aromatic rings. The van der Waals surface area contributed by atoms with Crippen molar-refractivity contribution in [2.75, 3.05) is 31.1 Å². The number of imide groups is 1. The van der Waals surface area contributed by atoms with Gasteiger partial charge in [0.05, 0.1) is 11.1 Å². The molecular weight excluding hydrogens is 440 g/mol. The minimum Gasteiger partial charge on any atom is -0.368 e. The summed E-state index contributed by atoms with van der Waals surface area (Å²) in [6.45, 7) is 5.97. The van der Waals surface area contributed by atoms with Crippen molar-refractivity contribution in [3.63, 3.8) is 0 Å². The minimum atomic E-state index is -0.472. The molecule has 7 nitrogen and oxygen atoms in total. The maximum Gasteiger partial charge on any atom is 0.259 e. The predicted molar refractivity (Wildman–Crippen MR) is 129 cm³/mol. The molecule has 2 aliphatic heterocycles. The largest absolute Gasteiger partial charge is 0.368 e. The molecule has 33 heavy (non-hydrogen) atoms. The van der Waals surface area contributed by atoms with E-state index < -0.39 is 11.8 Å². The maximum absolute atomic E-state index is 12.9. The zero-order chi connectivity index (χ0) is 23.1. The lowest BCUT2D eigenvalue weighted by Crippen LogP contribution is -2.48. The fourth-order valence-electron chi connectivity index (χ4n) is 4.46. The summed E-state index contributed by atoms with van der Waals surface area (Å²) in [6, 6.07) is 13.1. The average molecular weight is 461 g/mol. The first kappa shape index (κ1) is 21.0. The number of piperazine rings is 1. The Hall–Kier alpha value is -3.84. The molecule has 0 aliphatic carbocycles. The molecular formula is C25H21ClN4O3. The van der Waals surface area contributed by atoms with Crippen LogP contribution in [0.5, 0.6) is 0 Å². The number of aromatic amines is 1. The molecule has 5 rings (SSSR count). The highest BCUT2D eigenvalue weighted by molar-refractivity contribution is 6.51. The predicted octanol–water partition coefficient (Wildman–Crippen LogP) is 3.22. The molecule has 3 amide bonds. The summed E-state index contributed by atoms with van der Waals surface area (Å²) in [5.74, 6) is -1.00. The van der Waals surface area contributed by atoms with Gasteiger partial charge in [0.15, 0.2) is 0 Å². The van der Waals surface area contributed by atoms with Crippen LogP contribution in [0.3, 0.4) is 0 Å². The third-order valence-corrected chi connectivity index (χ3v) is 6.47. The number of halogens is 1. The summed E-state index contributed by atoms with van der Waals surface area (Å²) in [5, 5.41) is 3.67. The first-order valence-electron chi connectivity index (χ1n) is 10.6. The lowest BCUT2D eigenvalue weighted by molar-refractivity contribution is -0.126. The molecule has 2 aliphatic rings. The smallest absolute Gasteiger partial charge is 0.259 e. The number of carbonyl (C=O) groups excluding carboxylic acids is 3. The van der Waals surface area contributed by atoms with E-state index >= 15 is 0 Å².